The number of rotatable bonds is 4. The van der Waals surface area contributed by atoms with Crippen molar-refractivity contribution in [3.05, 3.63) is 23.9 Å². The van der Waals surface area contributed by atoms with E-state index >= 15 is 0 Å². The van der Waals surface area contributed by atoms with Gasteiger partial charge in [-0.05, 0) is 51.3 Å². The normalized spacial score (nSPS) is 19.7. The molecule has 2 saturated heterocycles. The SMILES string of the molecule is CCOc1ccc2nc(N3CCC[C@@H](C(=O)N4CCCN(C(C)=O)CC4)C3)nc(C)c2c1. The maximum absolute atomic E-state index is 13.3. The van der Waals surface area contributed by atoms with Gasteiger partial charge in [-0.2, -0.15) is 0 Å². The van der Waals surface area contributed by atoms with Crippen molar-refractivity contribution in [2.45, 2.75) is 40.0 Å². The molecule has 0 radical (unpaired) electrons. The molecule has 8 nitrogen and oxygen atoms in total. The van der Waals surface area contributed by atoms with Gasteiger partial charge in [0.05, 0.1) is 23.7 Å². The fourth-order valence-corrected chi connectivity index (χ4v) is 4.71. The Morgan fingerprint density at radius 1 is 1.06 bits per heavy atom. The molecular formula is C24H33N5O3. The number of fused-ring (bicyclic) bond motifs is 1. The summed E-state index contributed by atoms with van der Waals surface area (Å²) in [6, 6.07) is 5.90. The fraction of sp³-hybridized carbons (Fsp3) is 0.583. The summed E-state index contributed by atoms with van der Waals surface area (Å²) >= 11 is 0. The molecule has 2 fully saturated rings. The van der Waals surface area contributed by atoms with Gasteiger partial charge in [0.15, 0.2) is 0 Å². The number of aryl methyl sites for hydroxylation is 1. The first-order valence-corrected chi connectivity index (χ1v) is 11.7. The van der Waals surface area contributed by atoms with E-state index in [0.717, 1.165) is 54.7 Å². The van der Waals surface area contributed by atoms with E-state index in [0.29, 0.717) is 38.7 Å². The molecule has 2 aliphatic heterocycles. The lowest BCUT2D eigenvalue weighted by Gasteiger charge is -2.35. The Balaban J connectivity index is 1.47. The molecule has 3 heterocycles. The smallest absolute Gasteiger partial charge is 0.227 e. The fourth-order valence-electron chi connectivity index (χ4n) is 4.71. The topological polar surface area (TPSA) is 78.9 Å². The number of aromatic nitrogens is 2. The van der Waals surface area contributed by atoms with E-state index in [1.165, 1.54) is 0 Å². The Bertz CT molecular complexity index is 995. The zero-order chi connectivity index (χ0) is 22.7. The van der Waals surface area contributed by atoms with Crippen LogP contribution in [0.15, 0.2) is 18.2 Å². The van der Waals surface area contributed by atoms with E-state index in [4.69, 9.17) is 14.7 Å². The first-order chi connectivity index (χ1) is 15.5. The highest BCUT2D eigenvalue weighted by Crippen LogP contribution is 2.27. The third kappa shape index (κ3) is 4.79. The third-order valence-corrected chi connectivity index (χ3v) is 6.46. The summed E-state index contributed by atoms with van der Waals surface area (Å²) in [5.41, 5.74) is 1.80. The predicted molar refractivity (Wildman–Crippen MR) is 124 cm³/mol. The van der Waals surface area contributed by atoms with Gasteiger partial charge in [-0.15, -0.1) is 0 Å². The number of carbonyl (C=O) groups is 2. The van der Waals surface area contributed by atoms with Crippen molar-refractivity contribution in [3.63, 3.8) is 0 Å². The average molecular weight is 440 g/mol. The minimum absolute atomic E-state index is 0.0624. The van der Waals surface area contributed by atoms with E-state index in [-0.39, 0.29) is 17.7 Å². The lowest BCUT2D eigenvalue weighted by molar-refractivity contribution is -0.136. The van der Waals surface area contributed by atoms with Crippen LogP contribution in [-0.4, -0.2) is 77.5 Å². The molecule has 1 atom stereocenters. The summed E-state index contributed by atoms with van der Waals surface area (Å²) < 4.78 is 5.61. The molecule has 0 saturated carbocycles. The van der Waals surface area contributed by atoms with Gasteiger partial charge in [0.25, 0.3) is 0 Å². The second kappa shape index (κ2) is 9.71. The quantitative estimate of drug-likeness (QED) is 0.729. The van der Waals surface area contributed by atoms with Gasteiger partial charge in [-0.3, -0.25) is 9.59 Å². The Hall–Kier alpha value is -2.90. The Morgan fingerprint density at radius 3 is 2.62 bits per heavy atom. The van der Waals surface area contributed by atoms with Crippen LogP contribution in [0.3, 0.4) is 0 Å². The van der Waals surface area contributed by atoms with Gasteiger partial charge in [0.1, 0.15) is 5.75 Å². The predicted octanol–water partition coefficient (Wildman–Crippen LogP) is 2.63. The van der Waals surface area contributed by atoms with Gasteiger partial charge in [-0.1, -0.05) is 0 Å². The molecule has 1 aromatic heterocycles. The molecule has 2 amide bonds. The van der Waals surface area contributed by atoms with Crippen molar-refractivity contribution in [1.29, 1.82) is 0 Å². The molecular weight excluding hydrogens is 406 g/mol. The summed E-state index contributed by atoms with van der Waals surface area (Å²) in [4.78, 5) is 40.5. The molecule has 0 N–H and O–H groups in total. The van der Waals surface area contributed by atoms with Crippen LogP contribution in [0.2, 0.25) is 0 Å². The number of benzene rings is 1. The van der Waals surface area contributed by atoms with E-state index < -0.39 is 0 Å². The molecule has 32 heavy (non-hydrogen) atoms. The molecule has 0 aliphatic carbocycles. The zero-order valence-corrected chi connectivity index (χ0v) is 19.3. The van der Waals surface area contributed by atoms with Gasteiger partial charge in [0.2, 0.25) is 17.8 Å². The summed E-state index contributed by atoms with van der Waals surface area (Å²) in [6.45, 7) is 10.3. The lowest BCUT2D eigenvalue weighted by Crippen LogP contribution is -2.46. The molecule has 8 heteroatoms. The first-order valence-electron chi connectivity index (χ1n) is 11.7. The van der Waals surface area contributed by atoms with Crippen molar-refractivity contribution in [3.8, 4) is 5.75 Å². The number of piperidine rings is 1. The highest BCUT2D eigenvalue weighted by atomic mass is 16.5. The highest BCUT2D eigenvalue weighted by molar-refractivity contribution is 5.84. The second-order valence-corrected chi connectivity index (χ2v) is 8.69. The minimum atomic E-state index is -0.0624. The monoisotopic (exact) mass is 439 g/mol. The van der Waals surface area contributed by atoms with Crippen molar-refractivity contribution in [1.82, 2.24) is 19.8 Å². The maximum Gasteiger partial charge on any atom is 0.227 e. The molecule has 172 valence electrons. The van der Waals surface area contributed by atoms with E-state index in [1.807, 2.05) is 41.8 Å². The number of nitrogens with zero attached hydrogens (tertiary/aromatic N) is 5. The lowest BCUT2D eigenvalue weighted by atomic mass is 9.96. The van der Waals surface area contributed by atoms with Crippen molar-refractivity contribution < 1.29 is 14.3 Å². The molecule has 0 unspecified atom stereocenters. The Morgan fingerprint density at radius 2 is 1.84 bits per heavy atom. The van der Waals surface area contributed by atoms with Crippen LogP contribution in [0.5, 0.6) is 5.75 Å². The third-order valence-electron chi connectivity index (χ3n) is 6.46. The van der Waals surface area contributed by atoms with Crippen molar-refractivity contribution in [2.24, 2.45) is 5.92 Å². The van der Waals surface area contributed by atoms with Crippen LogP contribution < -0.4 is 9.64 Å². The zero-order valence-electron chi connectivity index (χ0n) is 19.3. The van der Waals surface area contributed by atoms with Gasteiger partial charge in [0, 0.05) is 51.6 Å². The molecule has 0 bridgehead atoms. The van der Waals surface area contributed by atoms with Gasteiger partial charge >= 0.3 is 0 Å². The van der Waals surface area contributed by atoms with Crippen LogP contribution >= 0.6 is 0 Å². The van der Waals surface area contributed by atoms with E-state index in [2.05, 4.69) is 4.90 Å². The largest absolute Gasteiger partial charge is 0.494 e. The average Bonchev–Trinajstić information content (AvgIpc) is 3.06. The van der Waals surface area contributed by atoms with Crippen LogP contribution in [0.25, 0.3) is 10.9 Å². The summed E-state index contributed by atoms with van der Waals surface area (Å²) in [6.07, 6.45) is 2.65. The van der Waals surface area contributed by atoms with Crippen molar-refractivity contribution >= 4 is 28.7 Å². The summed E-state index contributed by atoms with van der Waals surface area (Å²) in [5.74, 6) is 1.73. The Labute approximate surface area is 189 Å². The van der Waals surface area contributed by atoms with Crippen LogP contribution in [0.1, 0.15) is 38.8 Å². The molecule has 0 spiro atoms. The van der Waals surface area contributed by atoms with E-state index in [9.17, 15) is 9.59 Å². The number of hydrogen-bond donors (Lipinski definition) is 0. The van der Waals surface area contributed by atoms with Gasteiger partial charge in [-0.25, -0.2) is 9.97 Å². The number of ether oxygens (including phenoxy) is 1. The number of amides is 2. The second-order valence-electron chi connectivity index (χ2n) is 8.69. The standard InChI is InChI=1S/C24H33N5O3/c1-4-32-20-8-9-22-21(15-20)17(2)25-24(26-22)29-10-5-7-19(16-29)23(31)28-12-6-11-27(13-14-28)18(3)30/h8-9,15,19H,4-7,10-14,16H2,1-3H3/t19-/m1/s1. The van der Waals surface area contributed by atoms with Crippen molar-refractivity contribution in [2.75, 3.05) is 50.8 Å². The van der Waals surface area contributed by atoms with E-state index in [1.54, 1.807) is 6.92 Å². The number of carbonyl (C=O) groups excluding carboxylic acids is 2. The van der Waals surface area contributed by atoms with Gasteiger partial charge < -0.3 is 19.4 Å². The highest BCUT2D eigenvalue weighted by Gasteiger charge is 2.31. The summed E-state index contributed by atoms with van der Waals surface area (Å²) in [7, 11) is 0. The van der Waals surface area contributed by atoms with Crippen LogP contribution in [-0.2, 0) is 9.59 Å². The number of hydrogen-bond acceptors (Lipinski definition) is 6. The van der Waals surface area contributed by atoms with Crippen LogP contribution in [0.4, 0.5) is 5.95 Å². The molecule has 2 aliphatic rings. The minimum Gasteiger partial charge on any atom is -0.494 e. The first kappa shape index (κ1) is 22.3. The summed E-state index contributed by atoms with van der Waals surface area (Å²) in [5, 5.41) is 0.990. The molecule has 4 rings (SSSR count). The molecule has 1 aromatic carbocycles. The Kier molecular flexibility index (Phi) is 6.77. The molecule has 2 aromatic rings. The maximum atomic E-state index is 13.3. The number of anilines is 1. The van der Waals surface area contributed by atoms with Crippen LogP contribution in [0, 0.1) is 12.8 Å².